The number of β-amino-alcohol motifs (C(OH)–C–C–N with tert-alkyl or cyclic N) is 1. The minimum Gasteiger partial charge on any atom is -0.493 e. The van der Waals surface area contributed by atoms with E-state index in [2.05, 4.69) is 31.4 Å². The lowest BCUT2D eigenvalue weighted by Crippen LogP contribution is -2.42. The Bertz CT molecular complexity index is 910. The molecule has 0 amide bonds. The maximum atomic E-state index is 10.2. The highest BCUT2D eigenvalue weighted by molar-refractivity contribution is 5.51. The number of methoxy groups -OCH3 is 2. The van der Waals surface area contributed by atoms with Crippen LogP contribution in [0.2, 0.25) is 0 Å². The summed E-state index contributed by atoms with van der Waals surface area (Å²) in [6.07, 6.45) is -0.766. The number of rotatable bonds is 13. The summed E-state index contributed by atoms with van der Waals surface area (Å²) in [5.74, 6) is 3.75. The molecule has 0 radical (unpaired) electrons. The second-order valence-corrected chi connectivity index (χ2v) is 9.30. The topological polar surface area (TPSA) is 99.7 Å². The molecule has 194 valence electrons. The number of ether oxygens (including phenoxy) is 6. The quantitative estimate of drug-likeness (QED) is 0.366. The highest BCUT2D eigenvalue weighted by Gasteiger charge is 2.22. The molecular formula is C26H38N2O7. The molecule has 0 aromatic heterocycles. The van der Waals surface area contributed by atoms with Gasteiger partial charge < -0.3 is 44.2 Å². The number of benzene rings is 2. The highest BCUT2D eigenvalue weighted by atomic mass is 16.6. The van der Waals surface area contributed by atoms with Crippen LogP contribution in [0.5, 0.6) is 34.5 Å². The zero-order valence-electron chi connectivity index (χ0n) is 21.3. The Hall–Kier alpha value is -2.88. The smallest absolute Gasteiger partial charge is 0.203 e. The fourth-order valence-electron chi connectivity index (χ4n) is 3.41. The summed E-state index contributed by atoms with van der Waals surface area (Å²) in [5, 5.41) is 16.7. The first-order chi connectivity index (χ1) is 16.8. The first-order valence-electron chi connectivity index (χ1n) is 11.8. The van der Waals surface area contributed by atoms with Crippen LogP contribution in [0.15, 0.2) is 36.4 Å². The number of hydrogen-bond acceptors (Lipinski definition) is 9. The average Bonchev–Trinajstić information content (AvgIpc) is 2.85. The third-order valence-electron chi connectivity index (χ3n) is 5.22. The summed E-state index contributed by atoms with van der Waals surface area (Å²) in [6.45, 7) is 8.88. The van der Waals surface area contributed by atoms with E-state index in [1.165, 1.54) is 0 Å². The second-order valence-electron chi connectivity index (χ2n) is 9.30. The molecule has 2 aromatic rings. The fourth-order valence-corrected chi connectivity index (χ4v) is 3.41. The average molecular weight is 491 g/mol. The van der Waals surface area contributed by atoms with Gasteiger partial charge in [0.05, 0.1) is 14.2 Å². The number of aliphatic hydroxyl groups is 1. The molecule has 0 saturated heterocycles. The van der Waals surface area contributed by atoms with Crippen LogP contribution < -0.4 is 39.1 Å². The van der Waals surface area contributed by atoms with Gasteiger partial charge in [0.25, 0.3) is 0 Å². The Morgan fingerprint density at radius 1 is 1.06 bits per heavy atom. The Balaban J connectivity index is 1.42. The molecule has 2 unspecified atom stereocenters. The zero-order valence-corrected chi connectivity index (χ0v) is 21.3. The summed E-state index contributed by atoms with van der Waals surface area (Å²) >= 11 is 0. The van der Waals surface area contributed by atoms with Crippen molar-refractivity contribution >= 4 is 0 Å². The van der Waals surface area contributed by atoms with E-state index >= 15 is 0 Å². The minimum atomic E-state index is -0.614. The van der Waals surface area contributed by atoms with Gasteiger partial charge in [-0.3, -0.25) is 0 Å². The van der Waals surface area contributed by atoms with Gasteiger partial charge in [-0.05, 0) is 45.0 Å². The van der Waals surface area contributed by atoms with Gasteiger partial charge in [-0.25, -0.2) is 0 Å². The van der Waals surface area contributed by atoms with E-state index < -0.39 is 6.10 Å². The van der Waals surface area contributed by atoms with Crippen LogP contribution in [0, 0.1) is 0 Å². The van der Waals surface area contributed by atoms with Crippen LogP contribution >= 0.6 is 0 Å². The Morgan fingerprint density at radius 3 is 2.49 bits per heavy atom. The van der Waals surface area contributed by atoms with Crippen LogP contribution in [0.25, 0.3) is 0 Å². The van der Waals surface area contributed by atoms with Gasteiger partial charge in [0.1, 0.15) is 37.8 Å². The molecule has 0 bridgehead atoms. The largest absolute Gasteiger partial charge is 0.493 e. The van der Waals surface area contributed by atoms with Crippen molar-refractivity contribution in [3.8, 4) is 34.5 Å². The minimum absolute atomic E-state index is 0.0611. The summed E-state index contributed by atoms with van der Waals surface area (Å²) in [5.41, 5.74) is -0.0611. The molecule has 1 aliphatic rings. The zero-order chi connectivity index (χ0) is 25.3. The van der Waals surface area contributed by atoms with Gasteiger partial charge in [0.15, 0.2) is 23.0 Å². The van der Waals surface area contributed by atoms with Crippen LogP contribution in [0.4, 0.5) is 0 Å². The third kappa shape index (κ3) is 8.38. The predicted octanol–water partition coefficient (Wildman–Crippen LogP) is 2.64. The van der Waals surface area contributed by atoms with E-state index in [-0.39, 0.29) is 18.2 Å². The van der Waals surface area contributed by atoms with Crippen molar-refractivity contribution in [3.63, 3.8) is 0 Å². The van der Waals surface area contributed by atoms with E-state index in [0.717, 1.165) is 0 Å². The lowest BCUT2D eigenvalue weighted by atomic mass is 10.1. The molecule has 35 heavy (non-hydrogen) atoms. The molecule has 1 aliphatic heterocycles. The van der Waals surface area contributed by atoms with Gasteiger partial charge in [-0.2, -0.15) is 0 Å². The Kier molecular flexibility index (Phi) is 9.71. The van der Waals surface area contributed by atoms with Crippen molar-refractivity contribution in [3.05, 3.63) is 36.4 Å². The van der Waals surface area contributed by atoms with Crippen LogP contribution in [0.1, 0.15) is 20.8 Å². The molecule has 9 heteroatoms. The summed E-state index contributed by atoms with van der Waals surface area (Å²) in [6, 6.07) is 10.9. The van der Waals surface area contributed by atoms with Crippen molar-refractivity contribution in [2.75, 3.05) is 53.7 Å². The lowest BCUT2D eigenvalue weighted by Gasteiger charge is -2.27. The summed E-state index contributed by atoms with van der Waals surface area (Å²) < 4.78 is 34.2. The number of hydrogen-bond donors (Lipinski definition) is 3. The number of para-hydroxylation sites is 1. The summed E-state index contributed by atoms with van der Waals surface area (Å²) in [7, 11) is 3.20. The van der Waals surface area contributed by atoms with E-state index in [1.54, 1.807) is 20.3 Å². The summed E-state index contributed by atoms with van der Waals surface area (Å²) in [4.78, 5) is 0. The first-order valence-corrected chi connectivity index (χ1v) is 11.8. The monoisotopic (exact) mass is 490 g/mol. The van der Waals surface area contributed by atoms with E-state index in [9.17, 15) is 5.11 Å². The second kappa shape index (κ2) is 12.7. The highest BCUT2D eigenvalue weighted by Crippen LogP contribution is 2.37. The Morgan fingerprint density at radius 2 is 1.80 bits per heavy atom. The molecule has 0 saturated carbocycles. The standard InChI is InChI=1S/C26H38N2O7/c1-26(2,3)28-14-18(29)16-33-19-9-10-21-24(13-19)35-20(17-34-21)15-27-11-12-32-25-22(30-4)7-6-8-23(25)31-5/h6-10,13,18,20,27-29H,11-12,14-17H2,1-5H3. The van der Waals surface area contributed by atoms with E-state index in [4.69, 9.17) is 28.4 Å². The van der Waals surface area contributed by atoms with Gasteiger partial charge in [0.2, 0.25) is 5.75 Å². The molecule has 3 rings (SSSR count). The van der Waals surface area contributed by atoms with Crippen LogP contribution in [-0.2, 0) is 0 Å². The van der Waals surface area contributed by atoms with Crippen LogP contribution in [0.3, 0.4) is 0 Å². The molecule has 2 atom stereocenters. The van der Waals surface area contributed by atoms with Crippen LogP contribution in [-0.4, -0.2) is 76.5 Å². The van der Waals surface area contributed by atoms with Gasteiger partial charge in [-0.1, -0.05) is 6.07 Å². The van der Waals surface area contributed by atoms with Gasteiger partial charge in [0, 0.05) is 31.2 Å². The predicted molar refractivity (Wildman–Crippen MR) is 134 cm³/mol. The van der Waals surface area contributed by atoms with Crippen molar-refractivity contribution in [2.24, 2.45) is 0 Å². The SMILES string of the molecule is COc1cccc(OC)c1OCCNCC1COc2ccc(OCC(O)CNC(C)(C)C)cc2O1. The van der Waals surface area contributed by atoms with Crippen molar-refractivity contribution in [1.82, 2.24) is 10.6 Å². The van der Waals surface area contributed by atoms with Gasteiger partial charge in [-0.15, -0.1) is 0 Å². The lowest BCUT2D eigenvalue weighted by molar-refractivity contribution is 0.0864. The number of nitrogens with one attached hydrogen (secondary N) is 2. The molecule has 0 fully saturated rings. The molecule has 0 aliphatic carbocycles. The molecule has 3 N–H and O–H groups in total. The number of aliphatic hydroxyl groups excluding tert-OH is 1. The van der Waals surface area contributed by atoms with E-state index in [1.807, 2.05) is 30.3 Å². The molecule has 0 spiro atoms. The Labute approximate surface area is 207 Å². The van der Waals surface area contributed by atoms with E-state index in [0.29, 0.717) is 67.3 Å². The fraction of sp³-hybridized carbons (Fsp3) is 0.538. The first kappa shape index (κ1) is 26.7. The van der Waals surface area contributed by atoms with Gasteiger partial charge >= 0.3 is 0 Å². The van der Waals surface area contributed by atoms with Crippen molar-refractivity contribution in [1.29, 1.82) is 0 Å². The number of fused-ring (bicyclic) bond motifs is 1. The maximum Gasteiger partial charge on any atom is 0.203 e. The molecule has 2 aromatic carbocycles. The third-order valence-corrected chi connectivity index (χ3v) is 5.22. The molecular weight excluding hydrogens is 452 g/mol. The van der Waals surface area contributed by atoms with Crippen molar-refractivity contribution in [2.45, 2.75) is 38.5 Å². The maximum absolute atomic E-state index is 10.2. The van der Waals surface area contributed by atoms with Crippen molar-refractivity contribution < 1.29 is 33.5 Å². The normalized spacial score (nSPS) is 15.9. The molecule has 1 heterocycles. The molecule has 9 nitrogen and oxygen atoms in total.